The molecule has 0 spiro atoms. The van der Waals surface area contributed by atoms with Gasteiger partial charge in [0.15, 0.2) is 11.4 Å². The topological polar surface area (TPSA) is 109 Å². The van der Waals surface area contributed by atoms with E-state index < -0.39 is 17.3 Å². The highest BCUT2D eigenvalue weighted by Gasteiger charge is 2.19. The number of carbonyl (C=O) groups is 1. The van der Waals surface area contributed by atoms with Gasteiger partial charge in [-0.05, 0) is 49.4 Å². The fourth-order valence-corrected chi connectivity index (χ4v) is 3.00. The molecule has 7 nitrogen and oxygen atoms in total. The molecule has 0 radical (unpaired) electrons. The smallest absolute Gasteiger partial charge is 0.364 e. The summed E-state index contributed by atoms with van der Waals surface area (Å²) in [7, 11) is 0. The number of nitrogens with one attached hydrogen (secondary N) is 1. The maximum atomic E-state index is 12.7. The Morgan fingerprint density at radius 3 is 2.47 bits per heavy atom. The number of para-hydroxylation sites is 1. The highest BCUT2D eigenvalue weighted by atomic mass is 16.5. The van der Waals surface area contributed by atoms with Crippen molar-refractivity contribution in [2.75, 3.05) is 5.32 Å². The number of phenols is 1. The normalized spacial score (nSPS) is 10.7. The van der Waals surface area contributed by atoms with Crippen molar-refractivity contribution in [1.82, 2.24) is 0 Å². The van der Waals surface area contributed by atoms with Gasteiger partial charge in [-0.2, -0.15) is 0 Å². The molecule has 30 heavy (non-hydrogen) atoms. The summed E-state index contributed by atoms with van der Waals surface area (Å²) in [5.74, 6) is -0.0753. The Kier molecular flexibility index (Phi) is 4.85. The van der Waals surface area contributed by atoms with Gasteiger partial charge in [0.05, 0.1) is 5.39 Å². The van der Waals surface area contributed by atoms with E-state index in [0.29, 0.717) is 17.1 Å². The van der Waals surface area contributed by atoms with Crippen LogP contribution < -0.4 is 15.7 Å². The zero-order valence-electron chi connectivity index (χ0n) is 15.9. The van der Waals surface area contributed by atoms with Crippen LogP contribution in [0, 0.1) is 6.92 Å². The van der Waals surface area contributed by atoms with Crippen LogP contribution in [-0.4, -0.2) is 16.1 Å². The Bertz CT molecular complexity index is 1310. The van der Waals surface area contributed by atoms with Gasteiger partial charge in [0.25, 0.3) is 5.91 Å². The lowest BCUT2D eigenvalue weighted by molar-refractivity contribution is 0.102. The lowest BCUT2D eigenvalue weighted by atomic mass is 10.1. The summed E-state index contributed by atoms with van der Waals surface area (Å²) in [5, 5.41) is 22.9. The number of aryl methyl sites for hydroxylation is 1. The van der Waals surface area contributed by atoms with Crippen molar-refractivity contribution in [2.45, 2.75) is 6.92 Å². The van der Waals surface area contributed by atoms with Gasteiger partial charge in [0.1, 0.15) is 22.8 Å². The molecule has 3 aromatic carbocycles. The summed E-state index contributed by atoms with van der Waals surface area (Å²) in [6, 6.07) is 18.3. The van der Waals surface area contributed by atoms with E-state index in [2.05, 4.69) is 5.32 Å². The first-order chi connectivity index (χ1) is 14.4. The Morgan fingerprint density at radius 2 is 1.70 bits per heavy atom. The number of benzene rings is 3. The highest BCUT2D eigenvalue weighted by molar-refractivity contribution is 6.06. The van der Waals surface area contributed by atoms with E-state index in [4.69, 9.17) is 9.15 Å². The molecule has 4 aromatic rings. The van der Waals surface area contributed by atoms with E-state index in [1.165, 1.54) is 18.2 Å². The second-order valence-electron chi connectivity index (χ2n) is 6.60. The number of ether oxygens (including phenoxy) is 1. The maximum Gasteiger partial charge on any atom is 0.364 e. The Labute approximate surface area is 170 Å². The van der Waals surface area contributed by atoms with E-state index in [9.17, 15) is 19.8 Å². The van der Waals surface area contributed by atoms with E-state index in [1.54, 1.807) is 37.3 Å². The summed E-state index contributed by atoms with van der Waals surface area (Å²) < 4.78 is 10.9. The second-order valence-corrected chi connectivity index (χ2v) is 6.60. The molecule has 0 atom stereocenters. The number of anilines is 1. The van der Waals surface area contributed by atoms with Crippen LogP contribution in [0.15, 0.2) is 75.9 Å². The first kappa shape index (κ1) is 19.1. The van der Waals surface area contributed by atoms with Crippen LogP contribution >= 0.6 is 0 Å². The average molecular weight is 403 g/mol. The van der Waals surface area contributed by atoms with Crippen molar-refractivity contribution < 1.29 is 24.2 Å². The Morgan fingerprint density at radius 1 is 0.967 bits per heavy atom. The van der Waals surface area contributed by atoms with Crippen LogP contribution in [0.4, 0.5) is 5.69 Å². The van der Waals surface area contributed by atoms with Gasteiger partial charge in [-0.1, -0.05) is 24.3 Å². The molecule has 0 aliphatic heterocycles. The minimum Gasteiger partial charge on any atom is -0.508 e. The Hall–Kier alpha value is -4.26. The van der Waals surface area contributed by atoms with Crippen LogP contribution in [0.1, 0.15) is 15.9 Å². The average Bonchev–Trinajstić information content (AvgIpc) is 2.75. The Balaban J connectivity index is 1.64. The van der Waals surface area contributed by atoms with E-state index >= 15 is 0 Å². The van der Waals surface area contributed by atoms with Crippen molar-refractivity contribution >= 4 is 22.6 Å². The lowest BCUT2D eigenvalue weighted by Gasteiger charge is -2.11. The van der Waals surface area contributed by atoms with Gasteiger partial charge in [-0.3, -0.25) is 4.79 Å². The van der Waals surface area contributed by atoms with Gasteiger partial charge >= 0.3 is 5.63 Å². The van der Waals surface area contributed by atoms with Crippen molar-refractivity contribution in [1.29, 1.82) is 0 Å². The van der Waals surface area contributed by atoms with Crippen LogP contribution in [0.25, 0.3) is 11.0 Å². The third kappa shape index (κ3) is 3.56. The quantitative estimate of drug-likeness (QED) is 0.431. The van der Waals surface area contributed by atoms with Crippen molar-refractivity contribution in [3.63, 3.8) is 0 Å². The number of hydrogen-bond donors (Lipinski definition) is 3. The monoisotopic (exact) mass is 403 g/mol. The highest BCUT2D eigenvalue weighted by Crippen LogP contribution is 2.34. The molecule has 0 saturated heterocycles. The summed E-state index contributed by atoms with van der Waals surface area (Å²) in [6.07, 6.45) is 0. The van der Waals surface area contributed by atoms with Gasteiger partial charge in [0, 0.05) is 11.1 Å². The van der Waals surface area contributed by atoms with Crippen molar-refractivity contribution in [3.05, 3.63) is 88.3 Å². The fourth-order valence-electron chi connectivity index (χ4n) is 3.00. The third-order valence-corrected chi connectivity index (χ3v) is 4.58. The van der Waals surface area contributed by atoms with Crippen LogP contribution in [0.3, 0.4) is 0 Å². The molecule has 1 heterocycles. The maximum absolute atomic E-state index is 12.7. The molecule has 0 unspecified atom stereocenters. The zero-order chi connectivity index (χ0) is 21.3. The van der Waals surface area contributed by atoms with Crippen LogP contribution in [0.2, 0.25) is 0 Å². The number of hydrogen-bond acceptors (Lipinski definition) is 6. The summed E-state index contributed by atoms with van der Waals surface area (Å²) in [5.41, 5.74) is -0.729. The largest absolute Gasteiger partial charge is 0.508 e. The van der Waals surface area contributed by atoms with Gasteiger partial charge in [-0.25, -0.2) is 4.79 Å². The first-order valence-electron chi connectivity index (χ1n) is 9.06. The minimum atomic E-state index is -0.932. The molecule has 150 valence electrons. The molecule has 4 rings (SSSR count). The third-order valence-electron chi connectivity index (χ3n) is 4.58. The van der Waals surface area contributed by atoms with Gasteiger partial charge in [0.2, 0.25) is 0 Å². The summed E-state index contributed by atoms with van der Waals surface area (Å²) in [6.45, 7) is 1.55. The van der Waals surface area contributed by atoms with E-state index in [-0.39, 0.29) is 28.0 Å². The standard InChI is InChI=1S/C23H17NO6/c1-13-18(25)11-10-17-20(26)19(23(28)30-21(13)17)24-22(27)14-6-5-9-16(12-14)29-15-7-3-2-4-8-15/h2-12,25-26H,1H3,(H,24,27). The zero-order valence-corrected chi connectivity index (χ0v) is 15.9. The molecular weight excluding hydrogens is 386 g/mol. The lowest BCUT2D eigenvalue weighted by Crippen LogP contribution is -2.18. The number of carbonyl (C=O) groups excluding carboxylic acids is 1. The molecule has 0 aliphatic rings. The van der Waals surface area contributed by atoms with Crippen LogP contribution in [-0.2, 0) is 0 Å². The molecule has 0 aliphatic carbocycles. The minimum absolute atomic E-state index is 0.0498. The molecular formula is C23H17NO6. The number of amides is 1. The number of phenolic OH excluding ortho intramolecular Hbond substituents is 1. The molecule has 0 saturated carbocycles. The summed E-state index contributed by atoms with van der Waals surface area (Å²) >= 11 is 0. The molecule has 7 heteroatoms. The van der Waals surface area contributed by atoms with Crippen LogP contribution in [0.5, 0.6) is 23.0 Å². The number of rotatable bonds is 4. The van der Waals surface area contributed by atoms with Gasteiger partial charge in [-0.15, -0.1) is 0 Å². The second kappa shape index (κ2) is 7.63. The molecule has 0 fully saturated rings. The number of aromatic hydroxyl groups is 2. The summed E-state index contributed by atoms with van der Waals surface area (Å²) in [4.78, 5) is 25.0. The number of fused-ring (bicyclic) bond motifs is 1. The molecule has 0 bridgehead atoms. The SMILES string of the molecule is Cc1c(O)ccc2c(O)c(NC(=O)c3cccc(Oc4ccccc4)c3)c(=O)oc12. The molecule has 3 N–H and O–H groups in total. The van der Waals surface area contributed by atoms with Crippen molar-refractivity contribution in [3.8, 4) is 23.0 Å². The fraction of sp³-hybridized carbons (Fsp3) is 0.0435. The first-order valence-corrected chi connectivity index (χ1v) is 9.06. The van der Waals surface area contributed by atoms with E-state index in [0.717, 1.165) is 0 Å². The van der Waals surface area contributed by atoms with Gasteiger partial charge < -0.3 is 24.7 Å². The molecule has 1 amide bonds. The predicted molar refractivity (Wildman–Crippen MR) is 111 cm³/mol. The predicted octanol–water partition coefficient (Wildman–Crippen LogP) is 4.56. The van der Waals surface area contributed by atoms with Crippen molar-refractivity contribution in [2.24, 2.45) is 0 Å². The van der Waals surface area contributed by atoms with E-state index in [1.807, 2.05) is 18.2 Å². The molecule has 1 aromatic heterocycles.